The molecule has 0 bridgehead atoms. The number of nitrogens with zero attached hydrogens (tertiary/aromatic N) is 5. The van der Waals surface area contributed by atoms with Crippen LogP contribution in [0.5, 0.6) is 0 Å². The van der Waals surface area contributed by atoms with E-state index in [0.29, 0.717) is 23.5 Å². The molecule has 3 heterocycles. The molecule has 182 valence electrons. The van der Waals surface area contributed by atoms with Crippen molar-refractivity contribution in [1.29, 1.82) is 0 Å². The Balaban J connectivity index is 1.68. The van der Waals surface area contributed by atoms with Gasteiger partial charge in [-0.1, -0.05) is 43.8 Å². The third-order valence-electron chi connectivity index (χ3n) is 6.08. The summed E-state index contributed by atoms with van der Waals surface area (Å²) in [5, 5.41) is 9.68. The largest absolute Gasteiger partial charge is 0.383 e. The number of hydrogen-bond acceptors (Lipinski definition) is 6. The quantitative estimate of drug-likeness (QED) is 0.217. The van der Waals surface area contributed by atoms with E-state index >= 15 is 0 Å². The van der Waals surface area contributed by atoms with E-state index in [1.54, 1.807) is 19.5 Å². The van der Waals surface area contributed by atoms with E-state index in [9.17, 15) is 4.79 Å². The zero-order valence-corrected chi connectivity index (χ0v) is 21.7. The van der Waals surface area contributed by atoms with E-state index in [-0.39, 0.29) is 11.5 Å². The number of ether oxygens (including phenoxy) is 1. The molecule has 0 radical (unpaired) electrons. The standard InChI is InChI=1S/C27H31N5O2S/c1-18(2)22-10-6-7-11-24(22)32-26(21-9-8-12-28-16-21)29-30-27(32)35-17-25(33)23-15-19(3)31(20(23)4)13-14-34-5/h6-12,15-16,18H,13-14,17H2,1-5H3. The Morgan fingerprint density at radius 2 is 1.91 bits per heavy atom. The normalized spacial score (nSPS) is 11.4. The van der Waals surface area contributed by atoms with Crippen LogP contribution < -0.4 is 0 Å². The maximum atomic E-state index is 13.2. The number of carbonyl (C=O) groups excluding carboxylic acids is 1. The molecule has 0 saturated carbocycles. The van der Waals surface area contributed by atoms with Crippen molar-refractivity contribution >= 4 is 17.5 Å². The zero-order valence-electron chi connectivity index (χ0n) is 20.9. The molecule has 3 aromatic heterocycles. The third kappa shape index (κ3) is 5.23. The van der Waals surface area contributed by atoms with E-state index in [4.69, 9.17) is 4.74 Å². The molecule has 0 saturated heterocycles. The van der Waals surface area contributed by atoms with Gasteiger partial charge in [0.05, 0.1) is 18.0 Å². The van der Waals surface area contributed by atoms with Gasteiger partial charge in [0.15, 0.2) is 16.8 Å². The molecule has 0 N–H and O–H groups in total. The van der Waals surface area contributed by atoms with E-state index < -0.39 is 0 Å². The number of hydrogen-bond donors (Lipinski definition) is 0. The first kappa shape index (κ1) is 24.9. The molecule has 8 heteroatoms. The average molecular weight is 490 g/mol. The van der Waals surface area contributed by atoms with Crippen molar-refractivity contribution < 1.29 is 9.53 Å². The molecular weight excluding hydrogens is 458 g/mol. The van der Waals surface area contributed by atoms with Gasteiger partial charge >= 0.3 is 0 Å². The summed E-state index contributed by atoms with van der Waals surface area (Å²) in [6.45, 7) is 9.68. The lowest BCUT2D eigenvalue weighted by Gasteiger charge is -2.16. The lowest BCUT2D eigenvalue weighted by atomic mass is 10.0. The van der Waals surface area contributed by atoms with Crippen LogP contribution in [0.15, 0.2) is 60.0 Å². The van der Waals surface area contributed by atoms with Gasteiger partial charge in [-0.2, -0.15) is 0 Å². The van der Waals surface area contributed by atoms with Gasteiger partial charge in [0.1, 0.15) is 0 Å². The van der Waals surface area contributed by atoms with E-state index in [1.807, 2.05) is 48.7 Å². The van der Waals surface area contributed by atoms with Crippen molar-refractivity contribution in [2.24, 2.45) is 0 Å². The monoisotopic (exact) mass is 489 g/mol. The lowest BCUT2D eigenvalue weighted by molar-refractivity contribution is 0.102. The number of aromatic nitrogens is 5. The van der Waals surface area contributed by atoms with Crippen LogP contribution in [-0.4, -0.2) is 49.6 Å². The second-order valence-corrected chi connectivity index (χ2v) is 9.68. The van der Waals surface area contributed by atoms with Gasteiger partial charge in [-0.05, 0) is 49.6 Å². The van der Waals surface area contributed by atoms with Crippen LogP contribution in [0.3, 0.4) is 0 Å². The maximum Gasteiger partial charge on any atom is 0.196 e. The summed E-state index contributed by atoms with van der Waals surface area (Å²) in [7, 11) is 1.68. The van der Waals surface area contributed by atoms with E-state index in [1.165, 1.54) is 17.3 Å². The van der Waals surface area contributed by atoms with Crippen molar-refractivity contribution in [2.45, 2.75) is 45.3 Å². The Hall–Kier alpha value is -3.23. The molecule has 0 aliphatic carbocycles. The first-order chi connectivity index (χ1) is 16.9. The molecule has 7 nitrogen and oxygen atoms in total. The molecule has 4 rings (SSSR count). The van der Waals surface area contributed by atoms with Gasteiger partial charge in [-0.3, -0.25) is 14.3 Å². The predicted molar refractivity (Wildman–Crippen MR) is 140 cm³/mol. The summed E-state index contributed by atoms with van der Waals surface area (Å²) < 4.78 is 9.39. The number of benzene rings is 1. The molecule has 0 spiro atoms. The SMILES string of the molecule is COCCn1c(C)cc(C(=O)CSc2nnc(-c3cccnc3)n2-c2ccccc2C(C)C)c1C. The minimum Gasteiger partial charge on any atom is -0.383 e. The Labute approximate surface area is 210 Å². The third-order valence-corrected chi connectivity index (χ3v) is 7.01. The molecule has 0 fully saturated rings. The topological polar surface area (TPSA) is 74.8 Å². The van der Waals surface area contributed by atoms with Crippen molar-refractivity contribution in [3.8, 4) is 17.1 Å². The number of Topliss-reactive ketones (excluding diaryl/α,β-unsaturated/α-hetero) is 1. The molecule has 35 heavy (non-hydrogen) atoms. The molecule has 1 aromatic carbocycles. The second kappa shape index (κ2) is 11.0. The highest BCUT2D eigenvalue weighted by molar-refractivity contribution is 7.99. The average Bonchev–Trinajstić information content (AvgIpc) is 3.42. The molecule has 0 aliphatic rings. The second-order valence-electron chi connectivity index (χ2n) is 8.74. The molecule has 0 aliphatic heterocycles. The number of aryl methyl sites for hydroxylation is 1. The summed E-state index contributed by atoms with van der Waals surface area (Å²) in [6, 6.07) is 14.1. The van der Waals surface area contributed by atoms with Crippen molar-refractivity contribution in [3.63, 3.8) is 0 Å². The highest BCUT2D eigenvalue weighted by atomic mass is 32.2. The van der Waals surface area contributed by atoms with Crippen LogP contribution in [0.25, 0.3) is 17.1 Å². The summed E-state index contributed by atoms with van der Waals surface area (Å²) in [4.78, 5) is 17.5. The molecule has 4 aromatic rings. The number of thioether (sulfide) groups is 1. The summed E-state index contributed by atoms with van der Waals surface area (Å²) in [6.07, 6.45) is 3.52. The Bertz CT molecular complexity index is 1310. The minimum absolute atomic E-state index is 0.0707. The Morgan fingerprint density at radius 3 is 2.63 bits per heavy atom. The van der Waals surface area contributed by atoms with Crippen molar-refractivity contribution in [3.05, 3.63) is 77.4 Å². The number of para-hydroxylation sites is 1. The van der Waals surface area contributed by atoms with E-state index in [2.05, 4.69) is 45.7 Å². The molecule has 0 amide bonds. The zero-order chi connectivity index (χ0) is 24.9. The first-order valence-corrected chi connectivity index (χ1v) is 12.7. The summed E-state index contributed by atoms with van der Waals surface area (Å²) >= 11 is 1.41. The minimum atomic E-state index is 0.0707. The number of rotatable bonds is 10. The van der Waals surface area contributed by atoms with Gasteiger partial charge in [-0.15, -0.1) is 10.2 Å². The van der Waals surface area contributed by atoms with Crippen LogP contribution >= 0.6 is 11.8 Å². The summed E-state index contributed by atoms with van der Waals surface area (Å²) in [5.74, 6) is 1.36. The molecular formula is C27H31N5O2S. The van der Waals surface area contributed by atoms with Crippen molar-refractivity contribution in [1.82, 2.24) is 24.3 Å². The fraction of sp³-hybridized carbons (Fsp3) is 0.333. The predicted octanol–water partition coefficient (Wildman–Crippen LogP) is 5.49. The maximum absolute atomic E-state index is 13.2. The first-order valence-electron chi connectivity index (χ1n) is 11.7. The Kier molecular flexibility index (Phi) is 7.83. The molecule has 0 atom stereocenters. The van der Waals surface area contributed by atoms with Crippen LogP contribution in [-0.2, 0) is 11.3 Å². The number of methoxy groups -OCH3 is 1. The summed E-state index contributed by atoms with van der Waals surface area (Å²) in [5.41, 5.74) is 5.84. The number of pyridine rings is 1. The number of ketones is 1. The fourth-order valence-corrected chi connectivity index (χ4v) is 5.09. The Morgan fingerprint density at radius 1 is 1.11 bits per heavy atom. The van der Waals surface area contributed by atoms with Gasteiger partial charge in [0, 0.05) is 48.6 Å². The van der Waals surface area contributed by atoms with Gasteiger partial charge < -0.3 is 9.30 Å². The van der Waals surface area contributed by atoms with Crippen LogP contribution in [0.1, 0.15) is 47.1 Å². The lowest BCUT2D eigenvalue weighted by Crippen LogP contribution is -2.10. The van der Waals surface area contributed by atoms with Gasteiger partial charge in [0.25, 0.3) is 0 Å². The fourth-order valence-electron chi connectivity index (χ4n) is 4.26. The van der Waals surface area contributed by atoms with Crippen molar-refractivity contribution in [2.75, 3.05) is 19.5 Å². The van der Waals surface area contributed by atoms with Gasteiger partial charge in [0.2, 0.25) is 0 Å². The smallest absolute Gasteiger partial charge is 0.196 e. The van der Waals surface area contributed by atoms with Crippen LogP contribution in [0.4, 0.5) is 0 Å². The highest BCUT2D eigenvalue weighted by Gasteiger charge is 2.22. The number of carbonyl (C=O) groups is 1. The van der Waals surface area contributed by atoms with E-state index in [0.717, 1.165) is 34.7 Å². The van der Waals surface area contributed by atoms with Crippen LogP contribution in [0, 0.1) is 13.8 Å². The molecule has 0 unspecified atom stereocenters. The van der Waals surface area contributed by atoms with Crippen LogP contribution in [0.2, 0.25) is 0 Å². The van der Waals surface area contributed by atoms with Gasteiger partial charge in [-0.25, -0.2) is 0 Å². The highest BCUT2D eigenvalue weighted by Crippen LogP contribution is 2.32.